The molecule has 2 N–H and O–H groups in total. The molecule has 188 valence electrons. The number of nitrogens with one attached hydrogen (secondary N) is 1. The van der Waals surface area contributed by atoms with Crippen LogP contribution < -0.4 is 10.1 Å². The first-order valence-electron chi connectivity index (χ1n) is 12.9. The number of carboxylic acid groups (broad SMARTS) is 1. The smallest absolute Gasteiger partial charge is 0.303 e. The van der Waals surface area contributed by atoms with Crippen molar-refractivity contribution in [1.29, 1.82) is 0 Å². The van der Waals surface area contributed by atoms with Gasteiger partial charge in [0.15, 0.2) is 0 Å². The van der Waals surface area contributed by atoms with Gasteiger partial charge in [-0.25, -0.2) is 0 Å². The number of hydrogen-bond acceptors (Lipinski definition) is 5. The van der Waals surface area contributed by atoms with Crippen LogP contribution in [-0.2, 0) is 14.4 Å². The molecular weight excluding hydrogens is 432 g/mol. The molecule has 2 saturated heterocycles. The number of hydrogen-bond donors (Lipinski definition) is 2. The van der Waals surface area contributed by atoms with E-state index in [1.165, 1.54) is 0 Å². The molecule has 34 heavy (non-hydrogen) atoms. The van der Waals surface area contributed by atoms with Gasteiger partial charge in [-0.2, -0.15) is 0 Å². The summed E-state index contributed by atoms with van der Waals surface area (Å²) in [5, 5.41) is 12.8. The van der Waals surface area contributed by atoms with Crippen molar-refractivity contribution >= 4 is 17.7 Å². The topological polar surface area (TPSA) is 95.9 Å². The first-order chi connectivity index (χ1) is 16.5. The molecule has 2 fully saturated rings. The summed E-state index contributed by atoms with van der Waals surface area (Å²) in [6.45, 7) is 5.92. The number of aliphatic carboxylic acids is 1. The van der Waals surface area contributed by atoms with Gasteiger partial charge in [-0.3, -0.25) is 14.4 Å². The highest BCUT2D eigenvalue weighted by Crippen LogP contribution is 2.30. The lowest BCUT2D eigenvalue weighted by Crippen LogP contribution is -2.42. The molecule has 2 aliphatic rings. The molecular formula is C27H40N2O5. The van der Waals surface area contributed by atoms with E-state index in [4.69, 9.17) is 4.74 Å². The van der Waals surface area contributed by atoms with E-state index in [0.717, 1.165) is 62.9 Å². The van der Waals surface area contributed by atoms with Gasteiger partial charge in [-0.1, -0.05) is 19.1 Å². The number of ketones is 1. The molecule has 7 heteroatoms. The Balaban J connectivity index is 1.55. The minimum Gasteiger partial charge on any atom is -0.494 e. The van der Waals surface area contributed by atoms with Gasteiger partial charge >= 0.3 is 5.97 Å². The fourth-order valence-corrected chi connectivity index (χ4v) is 5.11. The van der Waals surface area contributed by atoms with E-state index in [-0.39, 0.29) is 36.4 Å². The van der Waals surface area contributed by atoms with Crippen molar-refractivity contribution in [2.45, 2.75) is 70.6 Å². The maximum Gasteiger partial charge on any atom is 0.303 e. The zero-order chi connectivity index (χ0) is 24.3. The van der Waals surface area contributed by atoms with E-state index in [1.807, 2.05) is 36.1 Å². The van der Waals surface area contributed by atoms with Gasteiger partial charge in [0.25, 0.3) is 0 Å². The van der Waals surface area contributed by atoms with E-state index in [1.54, 1.807) is 0 Å². The van der Waals surface area contributed by atoms with Crippen LogP contribution in [0.15, 0.2) is 24.3 Å². The molecule has 2 aliphatic heterocycles. The first-order valence-corrected chi connectivity index (χ1v) is 12.9. The highest BCUT2D eigenvalue weighted by atomic mass is 16.5. The van der Waals surface area contributed by atoms with Crippen LogP contribution in [0.25, 0.3) is 0 Å². The summed E-state index contributed by atoms with van der Waals surface area (Å²) in [4.78, 5) is 39.4. The zero-order valence-electron chi connectivity index (χ0n) is 20.5. The number of carbonyl (C=O) groups excluding carboxylic acids is 2. The summed E-state index contributed by atoms with van der Waals surface area (Å²) < 4.78 is 5.62. The third-order valence-corrected chi connectivity index (χ3v) is 7.15. The van der Waals surface area contributed by atoms with Crippen LogP contribution >= 0.6 is 0 Å². The molecule has 0 aliphatic carbocycles. The molecule has 0 radical (unpaired) electrons. The molecule has 1 amide bonds. The Morgan fingerprint density at radius 3 is 2.53 bits per heavy atom. The second-order valence-corrected chi connectivity index (χ2v) is 9.79. The predicted octanol–water partition coefficient (Wildman–Crippen LogP) is 4.01. The van der Waals surface area contributed by atoms with E-state index < -0.39 is 5.97 Å². The van der Waals surface area contributed by atoms with Crippen molar-refractivity contribution in [3.05, 3.63) is 29.8 Å². The Labute approximate surface area is 203 Å². The lowest BCUT2D eigenvalue weighted by Gasteiger charge is -2.33. The zero-order valence-corrected chi connectivity index (χ0v) is 20.5. The molecule has 3 rings (SSSR count). The van der Waals surface area contributed by atoms with Crippen molar-refractivity contribution in [2.75, 3.05) is 32.8 Å². The van der Waals surface area contributed by atoms with Gasteiger partial charge in [-0.05, 0) is 75.2 Å². The number of ether oxygens (including phenoxy) is 1. The number of carbonyl (C=O) groups is 3. The minimum atomic E-state index is -0.914. The second-order valence-electron chi connectivity index (χ2n) is 9.79. The number of Topliss-reactive ketones (excluding diaryl/α,β-unsaturated/α-hetero) is 1. The molecule has 0 unspecified atom stereocenters. The molecule has 0 spiro atoms. The summed E-state index contributed by atoms with van der Waals surface area (Å²) >= 11 is 0. The fraction of sp³-hybridized carbons (Fsp3) is 0.667. The second kappa shape index (κ2) is 13.5. The fourth-order valence-electron chi connectivity index (χ4n) is 5.11. The van der Waals surface area contributed by atoms with Gasteiger partial charge in [0, 0.05) is 37.8 Å². The summed E-state index contributed by atoms with van der Waals surface area (Å²) in [5.41, 5.74) is 0.838. The molecule has 0 bridgehead atoms. The minimum absolute atomic E-state index is 0.0633. The third-order valence-electron chi connectivity index (χ3n) is 7.15. The summed E-state index contributed by atoms with van der Waals surface area (Å²) in [5.74, 6) is 0.0767. The largest absolute Gasteiger partial charge is 0.494 e. The van der Waals surface area contributed by atoms with Crippen LogP contribution in [0.3, 0.4) is 0 Å². The number of piperidine rings is 2. The van der Waals surface area contributed by atoms with Crippen LogP contribution in [-0.4, -0.2) is 60.5 Å². The van der Waals surface area contributed by atoms with E-state index in [0.29, 0.717) is 32.0 Å². The van der Waals surface area contributed by atoms with E-state index in [9.17, 15) is 19.5 Å². The van der Waals surface area contributed by atoms with Crippen LogP contribution in [0.5, 0.6) is 5.75 Å². The monoisotopic (exact) mass is 472 g/mol. The molecule has 0 saturated carbocycles. The predicted molar refractivity (Wildman–Crippen MR) is 131 cm³/mol. The molecule has 2 heterocycles. The van der Waals surface area contributed by atoms with Crippen LogP contribution in [0.2, 0.25) is 0 Å². The van der Waals surface area contributed by atoms with Crippen LogP contribution in [0.1, 0.15) is 76.2 Å². The molecule has 0 aromatic heterocycles. The lowest BCUT2D eigenvalue weighted by molar-refractivity contribution is -0.137. The van der Waals surface area contributed by atoms with Crippen molar-refractivity contribution in [3.8, 4) is 5.75 Å². The average molecular weight is 473 g/mol. The Bertz CT molecular complexity index is 804. The van der Waals surface area contributed by atoms with Crippen molar-refractivity contribution in [2.24, 2.45) is 11.8 Å². The van der Waals surface area contributed by atoms with E-state index >= 15 is 0 Å². The number of rotatable bonds is 12. The maximum absolute atomic E-state index is 13.2. The number of benzene rings is 1. The Morgan fingerprint density at radius 1 is 1.12 bits per heavy atom. The third kappa shape index (κ3) is 8.12. The molecule has 7 nitrogen and oxygen atoms in total. The first kappa shape index (κ1) is 26.2. The Kier molecular flexibility index (Phi) is 10.4. The number of carboxylic acids is 1. The number of amides is 1. The van der Waals surface area contributed by atoms with Crippen molar-refractivity contribution in [3.63, 3.8) is 0 Å². The quantitative estimate of drug-likeness (QED) is 0.477. The van der Waals surface area contributed by atoms with Crippen molar-refractivity contribution in [1.82, 2.24) is 10.2 Å². The SMILES string of the molecule is CCCOc1ccc([C@H](CC(=O)O)CC(=O)[C@@H]2CCCN(C(=O)CCC3CCNCC3)C2)cc1. The van der Waals surface area contributed by atoms with E-state index in [2.05, 4.69) is 5.32 Å². The van der Waals surface area contributed by atoms with Gasteiger partial charge in [-0.15, -0.1) is 0 Å². The average Bonchev–Trinajstić information content (AvgIpc) is 2.86. The normalized spacial score (nSPS) is 20.0. The van der Waals surface area contributed by atoms with Crippen molar-refractivity contribution < 1.29 is 24.2 Å². The lowest BCUT2D eigenvalue weighted by atomic mass is 9.84. The number of likely N-dealkylation sites (tertiary alicyclic amines) is 1. The van der Waals surface area contributed by atoms with Gasteiger partial charge < -0.3 is 20.1 Å². The number of nitrogens with zero attached hydrogens (tertiary/aromatic N) is 1. The highest BCUT2D eigenvalue weighted by Gasteiger charge is 2.30. The van der Waals surface area contributed by atoms with Gasteiger partial charge in [0.05, 0.1) is 13.0 Å². The molecule has 2 atom stereocenters. The summed E-state index contributed by atoms with van der Waals surface area (Å²) in [6, 6.07) is 7.41. The van der Waals surface area contributed by atoms with Crippen LogP contribution in [0, 0.1) is 11.8 Å². The van der Waals surface area contributed by atoms with Crippen LogP contribution in [0.4, 0.5) is 0 Å². The Hall–Kier alpha value is -2.41. The molecule has 1 aromatic rings. The summed E-state index contributed by atoms with van der Waals surface area (Å²) in [7, 11) is 0. The summed E-state index contributed by atoms with van der Waals surface area (Å²) in [6.07, 6.45) is 6.33. The van der Waals surface area contributed by atoms with Gasteiger partial charge in [0.1, 0.15) is 11.5 Å². The molecule has 1 aromatic carbocycles. The standard InChI is InChI=1S/C27H40N2O5/c1-2-16-34-24-8-6-21(7-9-24)23(18-27(32)33)17-25(30)22-4-3-15-29(19-22)26(31)10-5-20-11-13-28-14-12-20/h6-9,20,22-23,28H,2-5,10-19H2,1H3,(H,32,33)/t22-,23+/m1/s1. The van der Waals surface area contributed by atoms with Gasteiger partial charge in [0.2, 0.25) is 5.91 Å². The maximum atomic E-state index is 13.2. The Morgan fingerprint density at radius 2 is 1.85 bits per heavy atom. The highest BCUT2D eigenvalue weighted by molar-refractivity contribution is 5.84.